The molecule has 0 radical (unpaired) electrons. The number of aromatic nitrogens is 1. The van der Waals surface area contributed by atoms with Gasteiger partial charge in [-0.05, 0) is 12.1 Å². The van der Waals surface area contributed by atoms with Gasteiger partial charge in [0.2, 0.25) is 0 Å². The molecule has 1 aromatic carbocycles. The lowest BCUT2D eigenvalue weighted by Crippen LogP contribution is -2.00. The zero-order valence-electron chi connectivity index (χ0n) is 7.38. The summed E-state index contributed by atoms with van der Waals surface area (Å²) in [6, 6.07) is 8.19. The Labute approximate surface area is 91.3 Å². The molecule has 15 heavy (non-hydrogen) atoms. The van der Waals surface area contributed by atoms with Crippen molar-refractivity contribution in [3.63, 3.8) is 0 Å². The van der Waals surface area contributed by atoms with Gasteiger partial charge >= 0.3 is 0 Å². The molecule has 2 rings (SSSR count). The number of rotatable bonds is 1. The van der Waals surface area contributed by atoms with Crippen LogP contribution in [0.5, 0.6) is 0 Å². The first-order valence-corrected chi connectivity index (χ1v) is 5.83. The second-order valence-corrected chi connectivity index (χ2v) is 4.69. The summed E-state index contributed by atoms with van der Waals surface area (Å²) in [5.41, 5.74) is 0.579. The smallest absolute Gasteiger partial charge is 0.282 e. The Morgan fingerprint density at radius 3 is 2.60 bits per heavy atom. The van der Waals surface area contributed by atoms with Crippen molar-refractivity contribution in [3.05, 3.63) is 35.5 Å². The molecule has 0 unspecified atom stereocenters. The van der Waals surface area contributed by atoms with Crippen LogP contribution < -0.4 is 0 Å². The minimum absolute atomic E-state index is 0.226. The maximum Gasteiger partial charge on any atom is 0.297 e. The second-order valence-electron chi connectivity index (χ2n) is 2.95. The van der Waals surface area contributed by atoms with Crippen LogP contribution in [0, 0.1) is 0 Å². The third-order valence-corrected chi connectivity index (χ3v) is 3.19. The molecule has 0 amide bonds. The maximum atomic E-state index is 10.9. The molecular weight excluding hydrogens is 238 g/mol. The largest absolute Gasteiger partial charge is 0.297 e. The number of hydrogen-bond acceptors (Lipinski definition) is 3. The van der Waals surface area contributed by atoms with E-state index in [-0.39, 0.29) is 10.0 Å². The predicted octanol–water partition coefficient (Wildman–Crippen LogP) is 2.13. The highest BCUT2D eigenvalue weighted by molar-refractivity contribution is 7.86. The summed E-state index contributed by atoms with van der Waals surface area (Å²) >= 11 is 5.64. The molecular formula is C9H6ClNO3S. The van der Waals surface area contributed by atoms with E-state index in [0.717, 1.165) is 0 Å². The number of pyridine rings is 1. The topological polar surface area (TPSA) is 67.3 Å². The lowest BCUT2D eigenvalue weighted by Gasteiger charge is -2.02. The van der Waals surface area contributed by atoms with Crippen molar-refractivity contribution >= 4 is 32.6 Å². The quantitative estimate of drug-likeness (QED) is 0.616. The van der Waals surface area contributed by atoms with Crippen molar-refractivity contribution in [1.29, 1.82) is 0 Å². The standard InChI is InChI=1S/C9H6ClNO3S/c10-9-8(15(12,13)14)5-6-3-1-2-4-7(6)11-9/h1-5H,(H,12,13,14). The molecule has 0 atom stereocenters. The van der Waals surface area contributed by atoms with Crippen LogP contribution in [-0.2, 0) is 10.1 Å². The molecule has 0 saturated heterocycles. The number of fused-ring (bicyclic) bond motifs is 1. The molecule has 0 aliphatic rings. The fourth-order valence-corrected chi connectivity index (χ4v) is 2.23. The first-order chi connectivity index (χ1) is 6.98. The molecule has 6 heteroatoms. The summed E-state index contributed by atoms with van der Waals surface area (Å²) < 4.78 is 30.7. The molecule has 4 nitrogen and oxygen atoms in total. The Morgan fingerprint density at radius 1 is 1.27 bits per heavy atom. The monoisotopic (exact) mass is 243 g/mol. The van der Waals surface area contributed by atoms with Gasteiger partial charge in [-0.15, -0.1) is 0 Å². The molecule has 0 spiro atoms. The fraction of sp³-hybridized carbons (Fsp3) is 0. The van der Waals surface area contributed by atoms with Crippen LogP contribution in [0.15, 0.2) is 35.2 Å². The van der Waals surface area contributed by atoms with Gasteiger partial charge in [0.15, 0.2) is 5.15 Å². The van der Waals surface area contributed by atoms with E-state index in [4.69, 9.17) is 16.2 Å². The van der Waals surface area contributed by atoms with E-state index in [2.05, 4.69) is 4.98 Å². The Bertz CT molecular complexity index is 624. The van der Waals surface area contributed by atoms with Crippen LogP contribution >= 0.6 is 11.6 Å². The molecule has 1 N–H and O–H groups in total. The Morgan fingerprint density at radius 2 is 1.93 bits per heavy atom. The lowest BCUT2D eigenvalue weighted by atomic mass is 10.2. The number of benzene rings is 1. The van der Waals surface area contributed by atoms with Gasteiger partial charge in [-0.1, -0.05) is 29.8 Å². The Kier molecular flexibility index (Phi) is 2.38. The van der Waals surface area contributed by atoms with E-state index >= 15 is 0 Å². The minimum atomic E-state index is -4.32. The van der Waals surface area contributed by atoms with Gasteiger partial charge in [0, 0.05) is 5.39 Å². The first kappa shape index (κ1) is 10.4. The molecule has 1 heterocycles. The lowest BCUT2D eigenvalue weighted by molar-refractivity contribution is 0.483. The third-order valence-electron chi connectivity index (χ3n) is 1.92. The molecule has 0 aliphatic heterocycles. The van der Waals surface area contributed by atoms with E-state index in [1.807, 2.05) is 0 Å². The maximum absolute atomic E-state index is 10.9. The molecule has 2 aromatic rings. The summed E-state index contributed by atoms with van der Waals surface area (Å²) in [6.07, 6.45) is 0. The summed E-state index contributed by atoms with van der Waals surface area (Å²) in [5, 5.41) is 0.380. The average molecular weight is 244 g/mol. The molecule has 78 valence electrons. The van der Waals surface area contributed by atoms with Gasteiger partial charge < -0.3 is 0 Å². The summed E-state index contributed by atoms with van der Waals surface area (Å²) in [4.78, 5) is 3.50. The van der Waals surface area contributed by atoms with Gasteiger partial charge in [-0.2, -0.15) is 8.42 Å². The van der Waals surface area contributed by atoms with Crippen LogP contribution in [0.4, 0.5) is 0 Å². The first-order valence-electron chi connectivity index (χ1n) is 4.01. The van der Waals surface area contributed by atoms with Crippen molar-refractivity contribution < 1.29 is 13.0 Å². The fourth-order valence-electron chi connectivity index (χ4n) is 1.25. The minimum Gasteiger partial charge on any atom is -0.282 e. The zero-order valence-corrected chi connectivity index (χ0v) is 8.96. The zero-order chi connectivity index (χ0) is 11.1. The van der Waals surface area contributed by atoms with E-state index in [1.54, 1.807) is 24.3 Å². The van der Waals surface area contributed by atoms with Gasteiger partial charge in [-0.25, -0.2) is 4.98 Å². The van der Waals surface area contributed by atoms with Crippen molar-refractivity contribution in [3.8, 4) is 0 Å². The summed E-state index contributed by atoms with van der Waals surface area (Å²) in [5.74, 6) is 0. The van der Waals surface area contributed by atoms with Crippen molar-refractivity contribution in [1.82, 2.24) is 4.98 Å². The summed E-state index contributed by atoms with van der Waals surface area (Å²) in [6.45, 7) is 0. The number of nitrogens with zero attached hydrogens (tertiary/aromatic N) is 1. The predicted molar refractivity (Wildman–Crippen MR) is 56.6 cm³/mol. The molecule has 0 saturated carbocycles. The third kappa shape index (κ3) is 1.94. The van der Waals surface area contributed by atoms with Crippen LogP contribution in [0.2, 0.25) is 5.15 Å². The Hall–Kier alpha value is -1.17. The van der Waals surface area contributed by atoms with Gasteiger partial charge in [0.05, 0.1) is 5.52 Å². The van der Waals surface area contributed by atoms with Crippen LogP contribution in [0.1, 0.15) is 0 Å². The normalized spacial score (nSPS) is 11.9. The van der Waals surface area contributed by atoms with Crippen LogP contribution in [0.3, 0.4) is 0 Å². The average Bonchev–Trinajstić information content (AvgIpc) is 2.15. The van der Waals surface area contributed by atoms with Crippen LogP contribution in [0.25, 0.3) is 10.9 Å². The second kappa shape index (κ2) is 3.44. The SMILES string of the molecule is O=S(=O)(O)c1cc2ccccc2nc1Cl. The van der Waals surface area contributed by atoms with E-state index < -0.39 is 10.1 Å². The molecule has 0 aliphatic carbocycles. The van der Waals surface area contributed by atoms with Crippen molar-refractivity contribution in [2.45, 2.75) is 4.90 Å². The number of para-hydroxylation sites is 1. The van der Waals surface area contributed by atoms with Gasteiger partial charge in [0.25, 0.3) is 10.1 Å². The van der Waals surface area contributed by atoms with Crippen molar-refractivity contribution in [2.75, 3.05) is 0 Å². The van der Waals surface area contributed by atoms with E-state index in [0.29, 0.717) is 10.9 Å². The molecule has 1 aromatic heterocycles. The van der Waals surface area contributed by atoms with Gasteiger partial charge in [0.1, 0.15) is 4.90 Å². The Balaban J connectivity index is 2.84. The van der Waals surface area contributed by atoms with E-state index in [9.17, 15) is 8.42 Å². The highest BCUT2D eigenvalue weighted by Gasteiger charge is 2.16. The summed E-state index contributed by atoms with van der Waals surface area (Å²) in [7, 11) is -4.32. The number of halogens is 1. The van der Waals surface area contributed by atoms with Crippen molar-refractivity contribution in [2.24, 2.45) is 0 Å². The van der Waals surface area contributed by atoms with E-state index in [1.165, 1.54) is 6.07 Å². The van der Waals surface area contributed by atoms with Crippen LogP contribution in [-0.4, -0.2) is 18.0 Å². The highest BCUT2D eigenvalue weighted by Crippen LogP contribution is 2.23. The number of hydrogen-bond donors (Lipinski definition) is 1. The highest BCUT2D eigenvalue weighted by atomic mass is 35.5. The van der Waals surface area contributed by atoms with Gasteiger partial charge in [-0.3, -0.25) is 4.55 Å². The molecule has 0 bridgehead atoms. The molecule has 0 fully saturated rings.